The second-order valence-corrected chi connectivity index (χ2v) is 12.1. The molecule has 0 fully saturated rings. The quantitative estimate of drug-likeness (QED) is 0.167. The summed E-state index contributed by atoms with van der Waals surface area (Å²) in [6, 6.07) is 39.2. The minimum Gasteiger partial charge on any atom is -0.500 e. The number of rotatable bonds is 4. The normalized spacial score (nSPS) is 11.1. The van der Waals surface area contributed by atoms with E-state index in [4.69, 9.17) is 4.42 Å². The zero-order chi connectivity index (χ0) is 30.7. The number of furan rings is 1. The Balaban J connectivity index is 0.000000193. The van der Waals surface area contributed by atoms with Crippen LogP contribution in [0.5, 0.6) is 0 Å². The molecule has 3 aromatic heterocycles. The molecule has 7 rings (SSSR count). The van der Waals surface area contributed by atoms with E-state index < -0.39 is 0 Å². The number of hydrogen-bond acceptors (Lipinski definition) is 3. The van der Waals surface area contributed by atoms with E-state index in [1.807, 2.05) is 98.2 Å². The monoisotopic (exact) mass is 769 g/mol. The van der Waals surface area contributed by atoms with Crippen molar-refractivity contribution in [3.8, 4) is 33.6 Å². The van der Waals surface area contributed by atoms with Crippen LogP contribution in [0.25, 0.3) is 55.6 Å². The number of aryl methyl sites for hydroxylation is 1. The largest absolute Gasteiger partial charge is 0.500 e. The molecule has 0 amide bonds. The molecule has 0 atom stereocenters. The molecule has 5 heteroatoms. The number of halogens is 1. The number of aromatic nitrogens is 2. The van der Waals surface area contributed by atoms with Crippen LogP contribution in [-0.4, -0.2) is 9.97 Å². The van der Waals surface area contributed by atoms with Gasteiger partial charge in [-0.15, -0.1) is 54.1 Å². The molecule has 3 heterocycles. The summed E-state index contributed by atoms with van der Waals surface area (Å²) < 4.78 is 20.9. The molecule has 0 saturated heterocycles. The van der Waals surface area contributed by atoms with Crippen LogP contribution in [0, 0.1) is 30.3 Å². The topological polar surface area (TPSA) is 38.9 Å². The molecule has 0 unspecified atom stereocenters. The second-order valence-electron chi connectivity index (χ2n) is 12.1. The molecule has 1 radical (unpaired) electrons. The van der Waals surface area contributed by atoms with Crippen molar-refractivity contribution in [3.05, 3.63) is 145 Å². The van der Waals surface area contributed by atoms with Crippen molar-refractivity contribution in [2.24, 2.45) is 5.41 Å². The van der Waals surface area contributed by atoms with Gasteiger partial charge in [0.2, 0.25) is 0 Å². The first-order chi connectivity index (χ1) is 21.3. The van der Waals surface area contributed by atoms with Gasteiger partial charge in [0.05, 0.1) is 11.1 Å². The molecule has 0 aliphatic heterocycles. The molecule has 45 heavy (non-hydrogen) atoms. The Labute approximate surface area is 277 Å². The number of pyridine rings is 2. The summed E-state index contributed by atoms with van der Waals surface area (Å²) in [6.07, 6.45) is 4.77. The summed E-state index contributed by atoms with van der Waals surface area (Å²) in [5.41, 5.74) is 8.84. The zero-order valence-electron chi connectivity index (χ0n) is 25.7. The Morgan fingerprint density at radius 3 is 2.24 bits per heavy atom. The summed E-state index contributed by atoms with van der Waals surface area (Å²) in [5.74, 6) is -0.299. The van der Waals surface area contributed by atoms with Crippen molar-refractivity contribution < 1.29 is 28.9 Å². The van der Waals surface area contributed by atoms with E-state index in [0.29, 0.717) is 22.1 Å². The van der Waals surface area contributed by atoms with Gasteiger partial charge < -0.3 is 14.4 Å². The fourth-order valence-corrected chi connectivity index (χ4v) is 5.36. The summed E-state index contributed by atoms with van der Waals surface area (Å²) in [4.78, 5) is 8.91. The zero-order valence-corrected chi connectivity index (χ0v) is 28.1. The molecule has 0 N–H and O–H groups in total. The Kier molecular flexibility index (Phi) is 9.72. The van der Waals surface area contributed by atoms with Gasteiger partial charge in [-0.2, -0.15) is 0 Å². The average Bonchev–Trinajstić information content (AvgIpc) is 3.41. The molecule has 4 aromatic carbocycles. The van der Waals surface area contributed by atoms with Gasteiger partial charge in [-0.05, 0) is 59.5 Å². The number of benzene rings is 4. The summed E-state index contributed by atoms with van der Waals surface area (Å²) in [6.45, 7) is 8.75. The summed E-state index contributed by atoms with van der Waals surface area (Å²) >= 11 is 0. The van der Waals surface area contributed by atoms with Crippen LogP contribution in [0.1, 0.15) is 31.9 Å². The van der Waals surface area contributed by atoms with E-state index in [1.54, 1.807) is 6.07 Å². The first-order valence-electron chi connectivity index (χ1n) is 14.7. The SMILES string of the molecule is CC(C)(C)Cc1ccnc(-c2[c-]cccc2)c1.Cc1ccc(-c2[c-]ccc3c2oc2c(-c4ccccc4)c(F)ccc23)nc1.[Ir]. The minimum absolute atomic E-state index is 0. The standard InChI is InChI=1S/C24H15FNO.C16H18N.Ir/c1-15-10-13-21(26-14-15)19-9-5-8-17-18-11-12-20(25)22(24(18)27-23(17)19)16-6-3-2-4-7-16;1-16(2,3)12-13-9-10-17-15(11-13)14-7-5-4-6-8-14;/h2-8,10-14H,1H3;4-7,9-11H,12H2,1-3H3;/q2*-1;. The van der Waals surface area contributed by atoms with E-state index in [2.05, 4.69) is 55.0 Å². The van der Waals surface area contributed by atoms with Gasteiger partial charge in [0.15, 0.2) is 0 Å². The van der Waals surface area contributed by atoms with Crippen LogP contribution < -0.4 is 0 Å². The van der Waals surface area contributed by atoms with Crippen LogP contribution in [0.3, 0.4) is 0 Å². The minimum atomic E-state index is -0.299. The molecule has 0 aliphatic carbocycles. The molecule has 0 saturated carbocycles. The molecule has 3 nitrogen and oxygen atoms in total. The van der Waals surface area contributed by atoms with E-state index in [0.717, 1.165) is 50.8 Å². The van der Waals surface area contributed by atoms with Crippen LogP contribution in [0.15, 0.2) is 120 Å². The van der Waals surface area contributed by atoms with Crippen LogP contribution >= 0.6 is 0 Å². The van der Waals surface area contributed by atoms with Gasteiger partial charge in [-0.1, -0.05) is 85.8 Å². The van der Waals surface area contributed by atoms with Gasteiger partial charge in [0.1, 0.15) is 11.4 Å². The number of fused-ring (bicyclic) bond motifs is 3. The molecular formula is C40H33FIrN2O-2. The van der Waals surface area contributed by atoms with Gasteiger partial charge in [0.25, 0.3) is 0 Å². The Hall–Kier alpha value is -4.44. The predicted molar refractivity (Wildman–Crippen MR) is 178 cm³/mol. The van der Waals surface area contributed by atoms with E-state index in [1.165, 1.54) is 11.6 Å². The smallest absolute Gasteiger partial charge is 0.134 e. The fraction of sp³-hybridized carbons (Fsp3) is 0.150. The van der Waals surface area contributed by atoms with Crippen LogP contribution in [0.2, 0.25) is 0 Å². The Bertz CT molecular complexity index is 2030. The van der Waals surface area contributed by atoms with Crippen molar-refractivity contribution in [2.45, 2.75) is 34.1 Å². The first-order valence-corrected chi connectivity index (χ1v) is 14.7. The third-order valence-corrected chi connectivity index (χ3v) is 7.32. The molecule has 227 valence electrons. The van der Waals surface area contributed by atoms with Gasteiger partial charge in [-0.3, -0.25) is 0 Å². The average molecular weight is 769 g/mol. The van der Waals surface area contributed by atoms with Gasteiger partial charge in [-0.25, -0.2) is 4.39 Å². The predicted octanol–water partition coefficient (Wildman–Crippen LogP) is 10.7. The molecule has 0 spiro atoms. The molecule has 0 aliphatic rings. The first kappa shape index (κ1) is 32.0. The third kappa shape index (κ3) is 7.28. The van der Waals surface area contributed by atoms with Gasteiger partial charge in [0, 0.05) is 37.9 Å². The Morgan fingerprint density at radius 1 is 0.756 bits per heavy atom. The van der Waals surface area contributed by atoms with E-state index in [9.17, 15) is 4.39 Å². The number of hydrogen-bond donors (Lipinski definition) is 0. The molecular weight excluding hydrogens is 736 g/mol. The maximum Gasteiger partial charge on any atom is 0.134 e. The van der Waals surface area contributed by atoms with Crippen LogP contribution in [-0.2, 0) is 26.5 Å². The van der Waals surface area contributed by atoms with Gasteiger partial charge >= 0.3 is 0 Å². The fourth-order valence-electron chi connectivity index (χ4n) is 5.36. The van der Waals surface area contributed by atoms with Crippen molar-refractivity contribution in [2.75, 3.05) is 0 Å². The maximum absolute atomic E-state index is 14.7. The third-order valence-electron chi connectivity index (χ3n) is 7.32. The van der Waals surface area contributed by atoms with E-state index in [-0.39, 0.29) is 25.9 Å². The van der Waals surface area contributed by atoms with Crippen molar-refractivity contribution in [1.82, 2.24) is 9.97 Å². The van der Waals surface area contributed by atoms with Crippen molar-refractivity contribution >= 4 is 21.9 Å². The maximum atomic E-state index is 14.7. The van der Waals surface area contributed by atoms with Crippen molar-refractivity contribution in [3.63, 3.8) is 0 Å². The Morgan fingerprint density at radius 2 is 1.53 bits per heavy atom. The molecule has 0 bridgehead atoms. The number of nitrogens with zero attached hydrogens (tertiary/aromatic N) is 2. The molecule has 7 aromatic rings. The second kappa shape index (κ2) is 13.7. The van der Waals surface area contributed by atoms with Crippen molar-refractivity contribution in [1.29, 1.82) is 0 Å². The summed E-state index contributed by atoms with van der Waals surface area (Å²) in [5, 5.41) is 1.81. The summed E-state index contributed by atoms with van der Waals surface area (Å²) in [7, 11) is 0. The van der Waals surface area contributed by atoms with E-state index >= 15 is 0 Å². The van der Waals surface area contributed by atoms with Crippen LogP contribution in [0.4, 0.5) is 4.39 Å².